The number of allylic oxidation sites excluding steroid dienone is 4. The van der Waals surface area contributed by atoms with Crippen LogP contribution in [0.3, 0.4) is 0 Å². The summed E-state index contributed by atoms with van der Waals surface area (Å²) in [5.74, 6) is 0. The van der Waals surface area contributed by atoms with Crippen molar-refractivity contribution in [2.24, 2.45) is 0 Å². The molecule has 1 aliphatic rings. The third-order valence-electron chi connectivity index (χ3n) is 6.53. The predicted octanol–water partition coefficient (Wildman–Crippen LogP) is -0.794. The molecule has 0 aromatic heterocycles. The summed E-state index contributed by atoms with van der Waals surface area (Å²) in [6.45, 7) is 8.87. The van der Waals surface area contributed by atoms with Crippen LogP contribution in [0.2, 0.25) is 0 Å². The molecule has 0 aliphatic heterocycles. The van der Waals surface area contributed by atoms with Gasteiger partial charge in [0, 0.05) is 5.41 Å². The zero-order chi connectivity index (χ0) is 21.8. The van der Waals surface area contributed by atoms with Crippen molar-refractivity contribution in [1.29, 1.82) is 0 Å². The molecular formula is C31H33Cl3Ti. The van der Waals surface area contributed by atoms with Crippen LogP contribution in [0.15, 0.2) is 90.0 Å². The molecule has 0 radical (unpaired) electrons. The number of benzene rings is 3. The first-order valence-corrected chi connectivity index (χ1v) is 11.6. The van der Waals surface area contributed by atoms with Gasteiger partial charge in [0.1, 0.15) is 0 Å². The normalized spacial score (nSPS) is 12.2. The Labute approximate surface area is 245 Å². The van der Waals surface area contributed by atoms with Crippen molar-refractivity contribution in [3.63, 3.8) is 0 Å². The number of halogens is 3. The molecule has 182 valence electrons. The molecule has 35 heavy (non-hydrogen) atoms. The van der Waals surface area contributed by atoms with Crippen LogP contribution in [0, 0.1) is 26.8 Å². The van der Waals surface area contributed by atoms with Gasteiger partial charge in [-0.15, -0.1) is 0 Å². The van der Waals surface area contributed by atoms with Gasteiger partial charge in [-0.25, -0.2) is 5.57 Å². The minimum absolute atomic E-state index is 0. The van der Waals surface area contributed by atoms with Gasteiger partial charge in [-0.3, -0.25) is 6.08 Å². The first-order chi connectivity index (χ1) is 15.1. The van der Waals surface area contributed by atoms with E-state index < -0.39 is 0 Å². The second-order valence-electron chi connectivity index (χ2n) is 8.97. The van der Waals surface area contributed by atoms with E-state index in [9.17, 15) is 0 Å². The zero-order valence-electron chi connectivity index (χ0n) is 21.0. The smallest absolute Gasteiger partial charge is 1.00 e. The third kappa shape index (κ3) is 6.94. The van der Waals surface area contributed by atoms with E-state index in [1.807, 2.05) is 0 Å². The van der Waals surface area contributed by atoms with E-state index in [2.05, 4.69) is 113 Å². The van der Waals surface area contributed by atoms with Crippen molar-refractivity contribution < 1.29 is 58.9 Å². The number of hydrogen-bond acceptors (Lipinski definition) is 0. The molecule has 0 N–H and O–H groups in total. The fourth-order valence-corrected chi connectivity index (χ4v) is 5.10. The second-order valence-corrected chi connectivity index (χ2v) is 8.97. The van der Waals surface area contributed by atoms with Gasteiger partial charge in [-0.2, -0.15) is 11.6 Å². The summed E-state index contributed by atoms with van der Waals surface area (Å²) in [5.41, 5.74) is 10.5. The molecule has 0 saturated heterocycles. The van der Waals surface area contributed by atoms with Crippen LogP contribution in [0.25, 0.3) is 0 Å². The fraction of sp³-hybridized carbons (Fsp3) is 0.290. The SMILES string of the molecule is CCCCC1=C(C(c2cccc(C)c2)(c2cccc(C)c2)c2cccc(C)c2)CC=[C-]1.[Cl-].[Cl-].[Cl-].[Ti+4]. The maximum Gasteiger partial charge on any atom is 4.00 e. The van der Waals surface area contributed by atoms with Crippen LogP contribution in [-0.2, 0) is 27.1 Å². The predicted molar refractivity (Wildman–Crippen MR) is 132 cm³/mol. The fourth-order valence-electron chi connectivity index (χ4n) is 5.10. The van der Waals surface area contributed by atoms with E-state index in [1.165, 1.54) is 57.4 Å². The van der Waals surface area contributed by atoms with Crippen LogP contribution in [0.4, 0.5) is 0 Å². The Morgan fingerprint density at radius 2 is 1.14 bits per heavy atom. The maximum absolute atomic E-state index is 3.65. The number of unbranched alkanes of at least 4 members (excludes halogenated alkanes) is 1. The average Bonchev–Trinajstić information content (AvgIpc) is 3.22. The molecular weight excluding hydrogens is 527 g/mol. The summed E-state index contributed by atoms with van der Waals surface area (Å²) >= 11 is 0. The van der Waals surface area contributed by atoms with Gasteiger partial charge < -0.3 is 37.2 Å². The Kier molecular flexibility index (Phi) is 14.5. The average molecular weight is 560 g/mol. The summed E-state index contributed by atoms with van der Waals surface area (Å²) in [6.07, 6.45) is 10.3. The number of rotatable bonds is 7. The molecule has 1 aliphatic carbocycles. The first kappa shape index (κ1) is 33.7. The molecule has 3 aromatic carbocycles. The van der Waals surface area contributed by atoms with Gasteiger partial charge in [0.2, 0.25) is 0 Å². The van der Waals surface area contributed by atoms with Gasteiger partial charge in [0.15, 0.2) is 0 Å². The molecule has 3 aromatic rings. The van der Waals surface area contributed by atoms with Gasteiger partial charge in [-0.1, -0.05) is 122 Å². The van der Waals surface area contributed by atoms with E-state index in [4.69, 9.17) is 0 Å². The molecule has 4 rings (SSSR count). The Morgan fingerprint density at radius 3 is 1.51 bits per heavy atom. The number of hydrogen-bond donors (Lipinski definition) is 0. The van der Waals surface area contributed by atoms with Crippen molar-refractivity contribution in [1.82, 2.24) is 0 Å². The largest absolute Gasteiger partial charge is 4.00 e. The van der Waals surface area contributed by atoms with E-state index in [0.29, 0.717) is 0 Å². The summed E-state index contributed by atoms with van der Waals surface area (Å²) in [4.78, 5) is 0. The van der Waals surface area contributed by atoms with Crippen molar-refractivity contribution in [2.45, 2.75) is 58.8 Å². The standard InChI is InChI=1S/C31H33.3ClH.Ti/c1-5-6-14-26-15-10-19-30(26)31(27-16-7-11-23(2)20-27,28-17-8-12-24(3)21-28)29-18-9-13-25(4)22-29;;;;/h7-13,16-18,20-22H,5-6,14,19H2,1-4H3;3*1H;/q-1;;;;+4/p-3. The maximum atomic E-state index is 3.65. The van der Waals surface area contributed by atoms with Crippen LogP contribution in [0.5, 0.6) is 0 Å². The summed E-state index contributed by atoms with van der Waals surface area (Å²) in [5, 5.41) is 0. The monoisotopic (exact) mass is 558 g/mol. The van der Waals surface area contributed by atoms with Crippen LogP contribution >= 0.6 is 0 Å². The molecule has 0 fully saturated rings. The molecule has 0 spiro atoms. The Morgan fingerprint density at radius 1 is 0.714 bits per heavy atom. The molecule has 0 atom stereocenters. The van der Waals surface area contributed by atoms with Gasteiger partial charge in [0.25, 0.3) is 0 Å². The molecule has 0 unspecified atom stereocenters. The Hall–Kier alpha value is -1.28. The molecule has 4 heteroatoms. The summed E-state index contributed by atoms with van der Waals surface area (Å²) < 4.78 is 0. The zero-order valence-corrected chi connectivity index (χ0v) is 24.8. The summed E-state index contributed by atoms with van der Waals surface area (Å²) in [6, 6.07) is 27.3. The Balaban J connectivity index is 0.00000289. The van der Waals surface area contributed by atoms with Gasteiger partial charge in [-0.05, 0) is 37.5 Å². The topological polar surface area (TPSA) is 0 Å². The molecule has 0 saturated carbocycles. The number of aryl methyl sites for hydroxylation is 3. The minimum atomic E-state index is -0.312. The van der Waals surface area contributed by atoms with Crippen LogP contribution < -0.4 is 37.2 Å². The van der Waals surface area contributed by atoms with Gasteiger partial charge in [0.05, 0.1) is 0 Å². The molecule has 0 heterocycles. The van der Waals surface area contributed by atoms with E-state index in [-0.39, 0.29) is 64.4 Å². The van der Waals surface area contributed by atoms with Crippen LogP contribution in [-0.4, -0.2) is 0 Å². The third-order valence-corrected chi connectivity index (χ3v) is 6.53. The van der Waals surface area contributed by atoms with E-state index in [1.54, 1.807) is 0 Å². The van der Waals surface area contributed by atoms with Crippen LogP contribution in [0.1, 0.15) is 66.0 Å². The van der Waals surface area contributed by atoms with Crippen molar-refractivity contribution >= 4 is 0 Å². The molecule has 0 bridgehead atoms. The summed E-state index contributed by atoms with van der Waals surface area (Å²) in [7, 11) is 0. The van der Waals surface area contributed by atoms with Crippen molar-refractivity contribution in [3.8, 4) is 0 Å². The Bertz CT molecular complexity index is 1040. The van der Waals surface area contributed by atoms with E-state index >= 15 is 0 Å². The first-order valence-electron chi connectivity index (χ1n) is 11.6. The molecule has 0 nitrogen and oxygen atoms in total. The van der Waals surface area contributed by atoms with Gasteiger partial charge >= 0.3 is 21.7 Å². The molecule has 0 amide bonds. The van der Waals surface area contributed by atoms with E-state index in [0.717, 1.165) is 12.8 Å². The quantitative estimate of drug-likeness (QED) is 0.202. The van der Waals surface area contributed by atoms with Crippen molar-refractivity contribution in [2.75, 3.05) is 0 Å². The minimum Gasteiger partial charge on any atom is -1.00 e. The second kappa shape index (κ2) is 15.1. The van der Waals surface area contributed by atoms with Crippen molar-refractivity contribution in [3.05, 3.63) is 129 Å².